The maximum Gasteiger partial charge on any atom is 0.123 e. The van der Waals surface area contributed by atoms with Crippen LogP contribution in [0.1, 0.15) is 44.2 Å². The van der Waals surface area contributed by atoms with E-state index in [9.17, 15) is 4.39 Å². The molecule has 1 aromatic carbocycles. The molecule has 1 spiro atoms. The van der Waals surface area contributed by atoms with E-state index < -0.39 is 0 Å². The monoisotopic (exact) mass is 309 g/mol. The lowest BCUT2D eigenvalue weighted by Gasteiger charge is -2.44. The molecular weight excluding hydrogens is 285 g/mol. The van der Waals surface area contributed by atoms with Crippen molar-refractivity contribution in [1.29, 1.82) is 0 Å². The Labute approximate surface area is 130 Å². The summed E-state index contributed by atoms with van der Waals surface area (Å²) in [6.45, 7) is 3.02. The first-order chi connectivity index (χ1) is 10.2. The Bertz CT molecular complexity index is 453. The van der Waals surface area contributed by atoms with Gasteiger partial charge in [0.05, 0.1) is 5.60 Å². The van der Waals surface area contributed by atoms with Crippen molar-refractivity contribution >= 4 is 11.8 Å². The van der Waals surface area contributed by atoms with Gasteiger partial charge in [-0.2, -0.15) is 11.8 Å². The van der Waals surface area contributed by atoms with Gasteiger partial charge in [0.2, 0.25) is 0 Å². The molecule has 2 unspecified atom stereocenters. The molecule has 3 rings (SSSR count). The first kappa shape index (κ1) is 15.3. The van der Waals surface area contributed by atoms with Crippen molar-refractivity contribution in [2.75, 3.05) is 18.1 Å². The van der Waals surface area contributed by atoms with Gasteiger partial charge in [-0.3, -0.25) is 0 Å². The Hall–Kier alpha value is -0.580. The molecule has 1 aromatic rings. The molecule has 0 radical (unpaired) electrons. The normalized spacial score (nSPS) is 26.7. The fourth-order valence-electron chi connectivity index (χ4n) is 3.46. The Morgan fingerprint density at radius 1 is 1.29 bits per heavy atom. The SMILES string of the molecule is CC(NC1CCOC2(CCSCC2)C1)c1ccc(F)cc1. The maximum absolute atomic E-state index is 13.0. The molecule has 1 N–H and O–H groups in total. The average molecular weight is 309 g/mol. The third-order valence-electron chi connectivity index (χ3n) is 4.75. The summed E-state index contributed by atoms with van der Waals surface area (Å²) in [7, 11) is 0. The summed E-state index contributed by atoms with van der Waals surface area (Å²) in [5, 5.41) is 3.72. The first-order valence-electron chi connectivity index (χ1n) is 7.90. The van der Waals surface area contributed by atoms with Crippen molar-refractivity contribution in [3.63, 3.8) is 0 Å². The molecule has 0 aliphatic carbocycles. The lowest BCUT2D eigenvalue weighted by Crippen LogP contribution is -2.49. The van der Waals surface area contributed by atoms with Gasteiger partial charge in [0, 0.05) is 18.7 Å². The molecule has 2 aliphatic rings. The van der Waals surface area contributed by atoms with Gasteiger partial charge in [-0.1, -0.05) is 12.1 Å². The van der Waals surface area contributed by atoms with Crippen molar-refractivity contribution in [2.45, 2.75) is 50.3 Å². The van der Waals surface area contributed by atoms with Gasteiger partial charge in [-0.25, -0.2) is 4.39 Å². The van der Waals surface area contributed by atoms with Crippen LogP contribution in [0.2, 0.25) is 0 Å². The van der Waals surface area contributed by atoms with E-state index in [2.05, 4.69) is 12.2 Å². The van der Waals surface area contributed by atoms with Gasteiger partial charge in [0.25, 0.3) is 0 Å². The fraction of sp³-hybridized carbons (Fsp3) is 0.647. The van der Waals surface area contributed by atoms with Gasteiger partial charge in [0.15, 0.2) is 0 Å². The van der Waals surface area contributed by atoms with Crippen LogP contribution >= 0.6 is 11.8 Å². The van der Waals surface area contributed by atoms with E-state index in [1.807, 2.05) is 23.9 Å². The standard InChI is InChI=1S/C17H24FNOS/c1-13(14-2-4-15(18)5-3-14)19-16-6-9-20-17(12-16)7-10-21-11-8-17/h2-5,13,16,19H,6-12H2,1H3. The van der Waals surface area contributed by atoms with Crippen LogP contribution in [0.4, 0.5) is 4.39 Å². The van der Waals surface area contributed by atoms with E-state index in [0.29, 0.717) is 6.04 Å². The highest BCUT2D eigenvalue weighted by molar-refractivity contribution is 7.99. The molecule has 2 saturated heterocycles. The van der Waals surface area contributed by atoms with Gasteiger partial charge >= 0.3 is 0 Å². The van der Waals surface area contributed by atoms with Gasteiger partial charge in [0.1, 0.15) is 5.82 Å². The number of hydrogen-bond acceptors (Lipinski definition) is 3. The van der Waals surface area contributed by atoms with Crippen molar-refractivity contribution in [2.24, 2.45) is 0 Å². The Kier molecular flexibility index (Phi) is 4.87. The highest BCUT2D eigenvalue weighted by Crippen LogP contribution is 2.38. The van der Waals surface area contributed by atoms with Crippen molar-refractivity contribution < 1.29 is 9.13 Å². The molecule has 2 nitrogen and oxygen atoms in total. The quantitative estimate of drug-likeness (QED) is 0.914. The van der Waals surface area contributed by atoms with Crippen molar-refractivity contribution in [3.05, 3.63) is 35.6 Å². The minimum atomic E-state index is -0.171. The van der Waals surface area contributed by atoms with Crippen LogP contribution in [0.25, 0.3) is 0 Å². The zero-order valence-electron chi connectivity index (χ0n) is 12.6. The number of benzene rings is 1. The van der Waals surface area contributed by atoms with Crippen LogP contribution in [0, 0.1) is 5.82 Å². The Morgan fingerprint density at radius 2 is 2.00 bits per heavy atom. The average Bonchev–Trinajstić information content (AvgIpc) is 2.49. The molecule has 4 heteroatoms. The molecule has 2 aliphatic heterocycles. The summed E-state index contributed by atoms with van der Waals surface area (Å²) in [4.78, 5) is 0. The molecule has 0 amide bonds. The third-order valence-corrected chi connectivity index (χ3v) is 5.74. The van der Waals surface area contributed by atoms with Crippen LogP contribution in [-0.2, 0) is 4.74 Å². The Balaban J connectivity index is 1.60. The van der Waals surface area contributed by atoms with Crippen LogP contribution in [-0.4, -0.2) is 29.8 Å². The van der Waals surface area contributed by atoms with Crippen LogP contribution in [0.5, 0.6) is 0 Å². The molecule has 0 saturated carbocycles. The molecule has 116 valence electrons. The maximum atomic E-state index is 13.0. The molecule has 2 fully saturated rings. The zero-order chi connectivity index (χ0) is 14.7. The third kappa shape index (κ3) is 3.79. The first-order valence-corrected chi connectivity index (χ1v) is 9.06. The predicted octanol–water partition coefficient (Wildman–Crippen LogP) is 3.92. The minimum Gasteiger partial charge on any atom is -0.375 e. The van der Waals surface area contributed by atoms with E-state index in [-0.39, 0.29) is 17.5 Å². The largest absolute Gasteiger partial charge is 0.375 e. The highest BCUT2D eigenvalue weighted by Gasteiger charge is 2.38. The van der Waals surface area contributed by atoms with E-state index in [4.69, 9.17) is 4.74 Å². The van der Waals surface area contributed by atoms with E-state index in [1.54, 1.807) is 0 Å². The summed E-state index contributed by atoms with van der Waals surface area (Å²) < 4.78 is 19.1. The molecular formula is C17H24FNOS. The lowest BCUT2D eigenvalue weighted by molar-refractivity contribution is -0.0940. The second-order valence-electron chi connectivity index (χ2n) is 6.27. The van der Waals surface area contributed by atoms with Gasteiger partial charge in [-0.05, 0) is 61.8 Å². The summed E-state index contributed by atoms with van der Waals surface area (Å²) in [5.74, 6) is 2.27. The number of halogens is 1. The van der Waals surface area contributed by atoms with Crippen LogP contribution < -0.4 is 5.32 Å². The van der Waals surface area contributed by atoms with E-state index in [1.165, 1.54) is 36.5 Å². The number of ether oxygens (including phenoxy) is 1. The van der Waals surface area contributed by atoms with Crippen LogP contribution in [0.3, 0.4) is 0 Å². The van der Waals surface area contributed by atoms with Gasteiger partial charge in [-0.15, -0.1) is 0 Å². The van der Waals surface area contributed by atoms with Crippen molar-refractivity contribution in [1.82, 2.24) is 5.32 Å². The number of rotatable bonds is 3. The molecule has 2 heterocycles. The zero-order valence-corrected chi connectivity index (χ0v) is 13.4. The van der Waals surface area contributed by atoms with Crippen LogP contribution in [0.15, 0.2) is 24.3 Å². The lowest BCUT2D eigenvalue weighted by atomic mass is 9.85. The second-order valence-corrected chi connectivity index (χ2v) is 7.50. The van der Waals surface area contributed by atoms with E-state index in [0.717, 1.165) is 25.0 Å². The topological polar surface area (TPSA) is 21.3 Å². The van der Waals surface area contributed by atoms with E-state index >= 15 is 0 Å². The Morgan fingerprint density at radius 3 is 2.71 bits per heavy atom. The summed E-state index contributed by atoms with van der Waals surface area (Å²) in [6, 6.07) is 7.58. The predicted molar refractivity (Wildman–Crippen MR) is 86.2 cm³/mol. The summed E-state index contributed by atoms with van der Waals surface area (Å²) >= 11 is 2.04. The minimum absolute atomic E-state index is 0.115. The smallest absolute Gasteiger partial charge is 0.123 e. The number of thioether (sulfide) groups is 1. The fourth-order valence-corrected chi connectivity index (χ4v) is 4.70. The second kappa shape index (κ2) is 6.67. The van der Waals surface area contributed by atoms with Crippen molar-refractivity contribution in [3.8, 4) is 0 Å². The number of hydrogen-bond donors (Lipinski definition) is 1. The molecule has 0 aromatic heterocycles. The summed E-state index contributed by atoms with van der Waals surface area (Å²) in [6.07, 6.45) is 4.54. The van der Waals surface area contributed by atoms with Gasteiger partial charge < -0.3 is 10.1 Å². The molecule has 2 atom stereocenters. The highest BCUT2D eigenvalue weighted by atomic mass is 32.2. The number of nitrogens with one attached hydrogen (secondary N) is 1. The molecule has 0 bridgehead atoms. The summed E-state index contributed by atoms with van der Waals surface area (Å²) in [5.41, 5.74) is 1.26. The molecule has 21 heavy (non-hydrogen) atoms.